The number of rotatable bonds is 2. The van der Waals surface area contributed by atoms with Crippen molar-refractivity contribution in [3.05, 3.63) is 33.8 Å². The molecule has 0 aromatic heterocycles. The molecule has 0 radical (unpaired) electrons. The van der Waals surface area contributed by atoms with Crippen molar-refractivity contribution >= 4 is 29.0 Å². The van der Waals surface area contributed by atoms with Gasteiger partial charge < -0.3 is 5.32 Å². The lowest BCUT2D eigenvalue weighted by Gasteiger charge is -2.16. The summed E-state index contributed by atoms with van der Waals surface area (Å²) < 4.78 is 0. The molecule has 1 aromatic rings. The van der Waals surface area contributed by atoms with Gasteiger partial charge in [-0.05, 0) is 31.0 Å². The third-order valence-electron chi connectivity index (χ3n) is 2.69. The Labute approximate surface area is 106 Å². The van der Waals surface area contributed by atoms with Crippen molar-refractivity contribution in [2.24, 2.45) is 4.99 Å². The molecule has 1 atom stereocenters. The van der Waals surface area contributed by atoms with Gasteiger partial charge in [0.05, 0.1) is 11.9 Å². The van der Waals surface area contributed by atoms with Gasteiger partial charge >= 0.3 is 0 Å². The molecule has 1 heterocycles. The SMILES string of the molecule is CC(NC1=NCCC1)c1ccc(Cl)cc1Cl. The molecule has 4 heteroatoms. The van der Waals surface area contributed by atoms with E-state index >= 15 is 0 Å². The number of hydrogen-bond donors (Lipinski definition) is 1. The summed E-state index contributed by atoms with van der Waals surface area (Å²) in [6, 6.07) is 5.75. The zero-order chi connectivity index (χ0) is 11.5. The van der Waals surface area contributed by atoms with Crippen LogP contribution in [0.5, 0.6) is 0 Å². The van der Waals surface area contributed by atoms with E-state index in [0.29, 0.717) is 10.0 Å². The number of amidine groups is 1. The number of halogens is 2. The topological polar surface area (TPSA) is 24.4 Å². The highest BCUT2D eigenvalue weighted by atomic mass is 35.5. The smallest absolute Gasteiger partial charge is 0.0968 e. The van der Waals surface area contributed by atoms with Crippen molar-refractivity contribution in [1.82, 2.24) is 5.32 Å². The molecule has 0 bridgehead atoms. The van der Waals surface area contributed by atoms with E-state index in [-0.39, 0.29) is 6.04 Å². The Balaban J connectivity index is 2.10. The maximum absolute atomic E-state index is 6.15. The summed E-state index contributed by atoms with van der Waals surface area (Å²) in [5.41, 5.74) is 1.06. The summed E-state index contributed by atoms with van der Waals surface area (Å²) in [6.07, 6.45) is 2.18. The second kappa shape index (κ2) is 5.07. The fourth-order valence-corrected chi connectivity index (χ4v) is 2.41. The van der Waals surface area contributed by atoms with E-state index < -0.39 is 0 Å². The van der Waals surface area contributed by atoms with Crippen LogP contribution in [0, 0.1) is 0 Å². The Hall–Kier alpha value is -0.730. The number of aliphatic imine (C=N–C) groups is 1. The van der Waals surface area contributed by atoms with Crippen molar-refractivity contribution in [1.29, 1.82) is 0 Å². The highest BCUT2D eigenvalue weighted by Crippen LogP contribution is 2.26. The zero-order valence-electron chi connectivity index (χ0n) is 9.13. The van der Waals surface area contributed by atoms with Crippen molar-refractivity contribution in [2.45, 2.75) is 25.8 Å². The molecule has 16 heavy (non-hydrogen) atoms. The Morgan fingerprint density at radius 1 is 1.38 bits per heavy atom. The van der Waals surface area contributed by atoms with Crippen LogP contribution in [0.15, 0.2) is 23.2 Å². The molecule has 86 valence electrons. The van der Waals surface area contributed by atoms with Crippen LogP contribution in [0.3, 0.4) is 0 Å². The Kier molecular flexibility index (Phi) is 3.72. The van der Waals surface area contributed by atoms with Crippen molar-refractivity contribution in [2.75, 3.05) is 6.54 Å². The summed E-state index contributed by atoms with van der Waals surface area (Å²) in [7, 11) is 0. The summed E-state index contributed by atoms with van der Waals surface area (Å²) in [5.74, 6) is 1.08. The second-order valence-electron chi connectivity index (χ2n) is 3.96. The molecule has 0 amide bonds. The summed E-state index contributed by atoms with van der Waals surface area (Å²) in [5, 5.41) is 4.74. The number of benzene rings is 1. The number of hydrogen-bond acceptors (Lipinski definition) is 2. The van der Waals surface area contributed by atoms with Gasteiger partial charge in [0.2, 0.25) is 0 Å². The normalized spacial score (nSPS) is 17.1. The van der Waals surface area contributed by atoms with E-state index in [0.717, 1.165) is 30.8 Å². The molecule has 1 aliphatic heterocycles. The van der Waals surface area contributed by atoms with Crippen LogP contribution in [0.1, 0.15) is 31.4 Å². The fraction of sp³-hybridized carbons (Fsp3) is 0.417. The van der Waals surface area contributed by atoms with Gasteiger partial charge in [0.25, 0.3) is 0 Å². The highest BCUT2D eigenvalue weighted by molar-refractivity contribution is 6.35. The molecule has 0 aliphatic carbocycles. The van der Waals surface area contributed by atoms with Crippen molar-refractivity contribution < 1.29 is 0 Å². The van der Waals surface area contributed by atoms with E-state index in [9.17, 15) is 0 Å². The van der Waals surface area contributed by atoms with Gasteiger partial charge in [-0.1, -0.05) is 29.3 Å². The first-order valence-corrected chi connectivity index (χ1v) is 6.17. The number of nitrogens with one attached hydrogen (secondary N) is 1. The molecule has 1 aromatic carbocycles. The van der Waals surface area contributed by atoms with E-state index in [4.69, 9.17) is 23.2 Å². The first-order chi connectivity index (χ1) is 7.66. The number of nitrogens with zero attached hydrogens (tertiary/aromatic N) is 1. The summed E-state index contributed by atoms with van der Waals surface area (Å²) in [4.78, 5) is 4.38. The summed E-state index contributed by atoms with van der Waals surface area (Å²) in [6.45, 7) is 3.01. The predicted octanol–water partition coefficient (Wildman–Crippen LogP) is 3.84. The van der Waals surface area contributed by atoms with Crippen LogP contribution in [0.2, 0.25) is 10.0 Å². The van der Waals surface area contributed by atoms with Crippen molar-refractivity contribution in [3.8, 4) is 0 Å². The van der Waals surface area contributed by atoms with Crippen LogP contribution in [-0.4, -0.2) is 12.4 Å². The maximum atomic E-state index is 6.15. The van der Waals surface area contributed by atoms with Gasteiger partial charge in [0.1, 0.15) is 0 Å². The van der Waals surface area contributed by atoms with Gasteiger partial charge in [-0.3, -0.25) is 4.99 Å². The highest BCUT2D eigenvalue weighted by Gasteiger charge is 2.13. The Morgan fingerprint density at radius 3 is 2.81 bits per heavy atom. The third-order valence-corrected chi connectivity index (χ3v) is 3.25. The van der Waals surface area contributed by atoms with E-state index in [1.165, 1.54) is 0 Å². The minimum Gasteiger partial charge on any atom is -0.367 e. The molecule has 1 aliphatic rings. The quantitative estimate of drug-likeness (QED) is 0.855. The van der Waals surface area contributed by atoms with Gasteiger partial charge in [0.15, 0.2) is 0 Å². The standard InChI is InChI=1S/C12H14Cl2N2/c1-8(16-12-3-2-6-15-12)10-5-4-9(13)7-11(10)14/h4-5,7-8H,2-3,6H2,1H3,(H,15,16). The first-order valence-electron chi connectivity index (χ1n) is 5.41. The molecule has 0 saturated carbocycles. The lowest BCUT2D eigenvalue weighted by molar-refractivity contribution is 0.709. The monoisotopic (exact) mass is 256 g/mol. The summed E-state index contributed by atoms with van der Waals surface area (Å²) >= 11 is 12.0. The van der Waals surface area contributed by atoms with E-state index in [1.807, 2.05) is 12.1 Å². The average molecular weight is 257 g/mol. The zero-order valence-corrected chi connectivity index (χ0v) is 10.6. The van der Waals surface area contributed by atoms with Crippen LogP contribution in [0.25, 0.3) is 0 Å². The van der Waals surface area contributed by atoms with Gasteiger partial charge in [0, 0.05) is 23.0 Å². The average Bonchev–Trinajstić information content (AvgIpc) is 2.70. The van der Waals surface area contributed by atoms with Gasteiger partial charge in [-0.2, -0.15) is 0 Å². The van der Waals surface area contributed by atoms with E-state index in [1.54, 1.807) is 6.07 Å². The third kappa shape index (κ3) is 2.69. The lowest BCUT2D eigenvalue weighted by atomic mass is 10.1. The molecule has 2 nitrogen and oxygen atoms in total. The minimum atomic E-state index is 0.168. The van der Waals surface area contributed by atoms with Gasteiger partial charge in [-0.15, -0.1) is 0 Å². The lowest BCUT2D eigenvalue weighted by Crippen LogP contribution is -2.25. The van der Waals surface area contributed by atoms with Crippen LogP contribution >= 0.6 is 23.2 Å². The van der Waals surface area contributed by atoms with Crippen LogP contribution in [-0.2, 0) is 0 Å². The van der Waals surface area contributed by atoms with Crippen LogP contribution in [0.4, 0.5) is 0 Å². The maximum Gasteiger partial charge on any atom is 0.0968 e. The van der Waals surface area contributed by atoms with Crippen molar-refractivity contribution in [3.63, 3.8) is 0 Å². The van der Waals surface area contributed by atoms with E-state index in [2.05, 4.69) is 17.2 Å². The molecular weight excluding hydrogens is 243 g/mol. The molecule has 1 unspecified atom stereocenters. The first kappa shape index (κ1) is 11.7. The molecule has 1 N–H and O–H groups in total. The second-order valence-corrected chi connectivity index (χ2v) is 4.81. The Morgan fingerprint density at radius 2 is 2.19 bits per heavy atom. The van der Waals surface area contributed by atoms with Crippen LogP contribution < -0.4 is 5.32 Å². The molecule has 0 saturated heterocycles. The molecule has 0 spiro atoms. The minimum absolute atomic E-state index is 0.168. The Bertz CT molecular complexity index is 415. The predicted molar refractivity (Wildman–Crippen MR) is 69.5 cm³/mol. The van der Waals surface area contributed by atoms with Gasteiger partial charge in [-0.25, -0.2) is 0 Å². The molecular formula is C12H14Cl2N2. The molecule has 2 rings (SSSR count). The fourth-order valence-electron chi connectivity index (χ4n) is 1.84. The molecule has 0 fully saturated rings. The largest absolute Gasteiger partial charge is 0.367 e.